The van der Waals surface area contributed by atoms with Gasteiger partial charge in [0, 0.05) is 12.3 Å². The number of fused-ring (bicyclic) bond motifs is 1. The van der Waals surface area contributed by atoms with E-state index in [9.17, 15) is 5.11 Å². The predicted molar refractivity (Wildman–Crippen MR) is 54.1 cm³/mol. The molecule has 4 heteroatoms. The van der Waals surface area contributed by atoms with Gasteiger partial charge in [-0.25, -0.2) is 4.98 Å². The molecule has 4 nitrogen and oxygen atoms in total. The lowest BCUT2D eigenvalue weighted by atomic mass is 10.1. The zero-order chi connectivity index (χ0) is 10.3. The van der Waals surface area contributed by atoms with Gasteiger partial charge in [0.1, 0.15) is 11.6 Å². The molecule has 0 unspecified atom stereocenters. The van der Waals surface area contributed by atoms with E-state index in [1.807, 2.05) is 18.2 Å². The molecule has 0 bridgehead atoms. The maximum absolute atomic E-state index is 9.27. The van der Waals surface area contributed by atoms with E-state index >= 15 is 0 Å². The number of hydrogen-bond donors (Lipinski definition) is 2. The molecule has 14 heavy (non-hydrogen) atoms. The number of nitrogens with zero attached hydrogens (tertiary/aromatic N) is 2. The zero-order valence-corrected chi connectivity index (χ0v) is 8.23. The second kappa shape index (κ2) is 2.72. The summed E-state index contributed by atoms with van der Waals surface area (Å²) in [5, 5.41) is 9.27. The van der Waals surface area contributed by atoms with Gasteiger partial charge in [0.2, 0.25) is 0 Å². The Morgan fingerprint density at radius 2 is 2.21 bits per heavy atom. The van der Waals surface area contributed by atoms with Crippen LogP contribution in [0.25, 0.3) is 5.52 Å². The van der Waals surface area contributed by atoms with Crippen LogP contribution in [0.1, 0.15) is 19.7 Å². The van der Waals surface area contributed by atoms with E-state index in [-0.39, 0.29) is 5.75 Å². The lowest BCUT2D eigenvalue weighted by Crippen LogP contribution is -2.31. The number of imidazole rings is 1. The van der Waals surface area contributed by atoms with Crippen molar-refractivity contribution in [1.82, 2.24) is 9.38 Å². The molecule has 3 N–H and O–H groups in total. The Hall–Kier alpha value is -1.55. The quantitative estimate of drug-likeness (QED) is 0.712. The third-order valence-corrected chi connectivity index (χ3v) is 2.09. The van der Waals surface area contributed by atoms with Crippen molar-refractivity contribution in [2.24, 2.45) is 5.73 Å². The smallest absolute Gasteiger partial charge is 0.132 e. The van der Waals surface area contributed by atoms with Crippen molar-refractivity contribution < 1.29 is 5.11 Å². The highest BCUT2D eigenvalue weighted by Crippen LogP contribution is 2.20. The number of aromatic hydroxyl groups is 1. The summed E-state index contributed by atoms with van der Waals surface area (Å²) in [5.74, 6) is 1.02. The number of aromatic nitrogens is 2. The van der Waals surface area contributed by atoms with Crippen LogP contribution in [0.5, 0.6) is 5.75 Å². The van der Waals surface area contributed by atoms with E-state index in [2.05, 4.69) is 4.98 Å². The molecular weight excluding hydrogens is 178 g/mol. The topological polar surface area (TPSA) is 63.5 Å². The lowest BCUT2D eigenvalue weighted by Gasteiger charge is -2.16. The minimum atomic E-state index is -0.483. The fraction of sp³-hybridized carbons (Fsp3) is 0.300. The Balaban J connectivity index is 2.70. The van der Waals surface area contributed by atoms with Gasteiger partial charge in [0.05, 0.1) is 17.3 Å². The minimum Gasteiger partial charge on any atom is -0.508 e. The molecule has 2 aromatic rings. The minimum absolute atomic E-state index is 0.235. The Kier molecular flexibility index (Phi) is 1.75. The van der Waals surface area contributed by atoms with Crippen molar-refractivity contribution in [3.63, 3.8) is 0 Å². The molecule has 2 aromatic heterocycles. The lowest BCUT2D eigenvalue weighted by molar-refractivity contribution is 0.473. The Morgan fingerprint density at radius 1 is 1.50 bits per heavy atom. The Bertz CT molecular complexity index is 468. The van der Waals surface area contributed by atoms with Gasteiger partial charge >= 0.3 is 0 Å². The van der Waals surface area contributed by atoms with Crippen LogP contribution in [-0.4, -0.2) is 14.5 Å². The highest BCUT2D eigenvalue weighted by atomic mass is 16.3. The normalized spacial score (nSPS) is 12.2. The molecule has 0 aliphatic carbocycles. The molecule has 0 aromatic carbocycles. The second-order valence-electron chi connectivity index (χ2n) is 3.98. The average Bonchev–Trinajstić information content (AvgIpc) is 2.45. The number of nitrogens with two attached hydrogens (primary N) is 1. The van der Waals surface area contributed by atoms with Crippen LogP contribution in [0, 0.1) is 0 Å². The molecule has 0 fully saturated rings. The van der Waals surface area contributed by atoms with E-state index in [1.54, 1.807) is 24.5 Å². The first kappa shape index (κ1) is 9.02. The van der Waals surface area contributed by atoms with Crippen molar-refractivity contribution >= 4 is 5.52 Å². The van der Waals surface area contributed by atoms with Crippen molar-refractivity contribution in [1.29, 1.82) is 0 Å². The predicted octanol–water partition coefficient (Wildman–Crippen LogP) is 1.23. The van der Waals surface area contributed by atoms with Crippen LogP contribution in [0.3, 0.4) is 0 Å². The van der Waals surface area contributed by atoms with Crippen molar-refractivity contribution in [2.45, 2.75) is 19.4 Å². The molecular formula is C10H13N3O. The molecule has 2 rings (SSSR count). The summed E-state index contributed by atoms with van der Waals surface area (Å²) in [7, 11) is 0. The van der Waals surface area contributed by atoms with E-state index in [0.717, 1.165) is 11.3 Å². The summed E-state index contributed by atoms with van der Waals surface area (Å²) < 4.78 is 1.87. The van der Waals surface area contributed by atoms with Gasteiger partial charge in [0.25, 0.3) is 0 Å². The van der Waals surface area contributed by atoms with Gasteiger partial charge < -0.3 is 15.2 Å². The molecule has 0 radical (unpaired) electrons. The molecule has 0 aliphatic heterocycles. The SMILES string of the molecule is CC(C)(N)c1ncc2cc(O)ccn12. The van der Waals surface area contributed by atoms with Crippen LogP contribution < -0.4 is 5.73 Å². The van der Waals surface area contributed by atoms with Gasteiger partial charge in [-0.15, -0.1) is 0 Å². The van der Waals surface area contributed by atoms with Crippen molar-refractivity contribution in [3.05, 3.63) is 30.4 Å². The van der Waals surface area contributed by atoms with E-state index in [1.165, 1.54) is 0 Å². The third kappa shape index (κ3) is 1.33. The van der Waals surface area contributed by atoms with Gasteiger partial charge in [-0.05, 0) is 19.9 Å². The van der Waals surface area contributed by atoms with Crippen LogP contribution in [0.2, 0.25) is 0 Å². The van der Waals surface area contributed by atoms with Crippen LogP contribution >= 0.6 is 0 Å². The standard InChI is InChI=1S/C10H13N3O/c1-10(2,11)9-12-6-7-5-8(14)3-4-13(7)9/h3-6,14H,11H2,1-2H3. The molecule has 0 saturated heterocycles. The maximum Gasteiger partial charge on any atom is 0.132 e. The van der Waals surface area contributed by atoms with Crippen LogP contribution in [0.15, 0.2) is 24.5 Å². The Labute approximate surface area is 82.0 Å². The van der Waals surface area contributed by atoms with E-state index < -0.39 is 5.54 Å². The molecule has 0 amide bonds. The zero-order valence-electron chi connectivity index (χ0n) is 8.23. The summed E-state index contributed by atoms with van der Waals surface area (Å²) in [6.07, 6.45) is 3.46. The van der Waals surface area contributed by atoms with Crippen LogP contribution in [0.4, 0.5) is 0 Å². The summed E-state index contributed by atoms with van der Waals surface area (Å²) in [6, 6.07) is 3.27. The van der Waals surface area contributed by atoms with E-state index in [0.29, 0.717) is 0 Å². The van der Waals surface area contributed by atoms with Gasteiger partial charge in [-0.3, -0.25) is 0 Å². The molecule has 0 saturated carbocycles. The molecule has 0 spiro atoms. The Morgan fingerprint density at radius 3 is 2.86 bits per heavy atom. The molecule has 2 heterocycles. The average molecular weight is 191 g/mol. The van der Waals surface area contributed by atoms with Crippen LogP contribution in [-0.2, 0) is 5.54 Å². The highest BCUT2D eigenvalue weighted by Gasteiger charge is 2.19. The maximum atomic E-state index is 9.27. The summed E-state index contributed by atoms with van der Waals surface area (Å²) in [4.78, 5) is 4.23. The first-order valence-electron chi connectivity index (χ1n) is 4.44. The first-order valence-corrected chi connectivity index (χ1v) is 4.44. The molecule has 0 atom stereocenters. The summed E-state index contributed by atoms with van der Waals surface area (Å²) in [6.45, 7) is 3.79. The number of rotatable bonds is 1. The second-order valence-corrected chi connectivity index (χ2v) is 3.98. The van der Waals surface area contributed by atoms with Gasteiger partial charge in [-0.2, -0.15) is 0 Å². The fourth-order valence-electron chi connectivity index (χ4n) is 1.46. The van der Waals surface area contributed by atoms with Gasteiger partial charge in [0.15, 0.2) is 0 Å². The molecule has 74 valence electrons. The largest absolute Gasteiger partial charge is 0.508 e. The van der Waals surface area contributed by atoms with Crippen molar-refractivity contribution in [2.75, 3.05) is 0 Å². The first-order chi connectivity index (χ1) is 6.48. The summed E-state index contributed by atoms with van der Waals surface area (Å²) >= 11 is 0. The van der Waals surface area contributed by atoms with E-state index in [4.69, 9.17) is 5.73 Å². The highest BCUT2D eigenvalue weighted by molar-refractivity contribution is 5.50. The third-order valence-electron chi connectivity index (χ3n) is 2.09. The number of hydrogen-bond acceptors (Lipinski definition) is 3. The monoisotopic (exact) mass is 191 g/mol. The number of pyridine rings is 1. The molecule has 0 aliphatic rings. The van der Waals surface area contributed by atoms with Gasteiger partial charge in [-0.1, -0.05) is 0 Å². The fourth-order valence-corrected chi connectivity index (χ4v) is 1.46. The van der Waals surface area contributed by atoms with Crippen molar-refractivity contribution in [3.8, 4) is 5.75 Å². The summed E-state index contributed by atoms with van der Waals surface area (Å²) in [5.41, 5.74) is 6.32.